The molecule has 0 unspecified atom stereocenters. The van der Waals surface area contributed by atoms with E-state index >= 15 is 0 Å². The topological polar surface area (TPSA) is 159 Å². The van der Waals surface area contributed by atoms with E-state index in [0.29, 0.717) is 29.0 Å². The molecule has 0 aliphatic rings. The number of amides is 1. The van der Waals surface area contributed by atoms with Crippen LogP contribution in [-0.2, 0) is 29.1 Å². The Morgan fingerprint density at radius 1 is 0.977 bits per heavy atom. The van der Waals surface area contributed by atoms with E-state index in [1.807, 2.05) is 30.3 Å². The summed E-state index contributed by atoms with van der Waals surface area (Å²) >= 11 is 0. The highest BCUT2D eigenvalue weighted by Crippen LogP contribution is 2.36. The second-order valence-corrected chi connectivity index (χ2v) is 9.76. The molecule has 3 aromatic carbocycles. The highest BCUT2D eigenvalue weighted by atomic mass is 16.5. The van der Waals surface area contributed by atoms with Gasteiger partial charge in [-0.2, -0.15) is 9.79 Å². The fourth-order valence-corrected chi connectivity index (χ4v) is 5.02. The van der Waals surface area contributed by atoms with Crippen LogP contribution in [0, 0.1) is 5.53 Å². The molecular weight excluding hydrogens is 554 g/mol. The molecule has 0 spiro atoms. The van der Waals surface area contributed by atoms with Crippen molar-refractivity contribution in [1.29, 1.82) is 5.53 Å². The number of methoxy groups -OCH3 is 2. The van der Waals surface area contributed by atoms with Crippen molar-refractivity contribution in [2.24, 2.45) is 5.11 Å². The van der Waals surface area contributed by atoms with E-state index in [0.717, 1.165) is 20.8 Å². The van der Waals surface area contributed by atoms with Crippen LogP contribution < -0.4 is 20.2 Å². The molecule has 0 saturated carbocycles. The van der Waals surface area contributed by atoms with Crippen molar-refractivity contribution >= 4 is 11.9 Å². The SMILES string of the molecule is COc1ccc([C@@H](CC(=O)O)N(C(C)=O)n2c(O)c(-c3ccc(CN=N)cc3)n(CCc3ccccc3)c2=O)cc1OC. The molecule has 1 atom stereocenters. The summed E-state index contributed by atoms with van der Waals surface area (Å²) in [6.07, 6.45) is -0.127. The van der Waals surface area contributed by atoms with Gasteiger partial charge in [-0.25, -0.2) is 15.3 Å². The number of carbonyl (C=O) groups excluding carboxylic acids is 1. The lowest BCUT2D eigenvalue weighted by Gasteiger charge is -2.30. The normalized spacial score (nSPS) is 11.5. The van der Waals surface area contributed by atoms with E-state index in [-0.39, 0.29) is 18.8 Å². The molecule has 3 N–H and O–H groups in total. The van der Waals surface area contributed by atoms with Crippen molar-refractivity contribution < 1.29 is 29.3 Å². The average Bonchev–Trinajstić information content (AvgIpc) is 3.24. The van der Waals surface area contributed by atoms with Gasteiger partial charge in [0.15, 0.2) is 11.5 Å². The Morgan fingerprint density at radius 2 is 1.65 bits per heavy atom. The van der Waals surface area contributed by atoms with Crippen LogP contribution in [0.15, 0.2) is 82.7 Å². The highest BCUT2D eigenvalue weighted by Gasteiger charge is 2.34. The first-order valence-corrected chi connectivity index (χ1v) is 13.4. The molecule has 4 aromatic rings. The number of nitrogens with one attached hydrogen (secondary N) is 1. The molecule has 0 aliphatic heterocycles. The third-order valence-corrected chi connectivity index (χ3v) is 7.04. The largest absolute Gasteiger partial charge is 0.493 e. The van der Waals surface area contributed by atoms with Gasteiger partial charge in [0.05, 0.1) is 33.2 Å². The van der Waals surface area contributed by atoms with Gasteiger partial charge in [-0.15, -0.1) is 0 Å². The number of aliphatic carboxylic acids is 1. The van der Waals surface area contributed by atoms with Gasteiger partial charge in [0.2, 0.25) is 11.8 Å². The fraction of sp³-hybridized carbons (Fsp3) is 0.258. The van der Waals surface area contributed by atoms with Gasteiger partial charge < -0.3 is 19.7 Å². The van der Waals surface area contributed by atoms with Gasteiger partial charge in [0, 0.05) is 19.0 Å². The number of nitrogens with zero attached hydrogens (tertiary/aromatic N) is 4. The van der Waals surface area contributed by atoms with Gasteiger partial charge in [0.1, 0.15) is 5.69 Å². The Hall–Kier alpha value is -5.39. The second kappa shape index (κ2) is 13.5. The first-order valence-electron chi connectivity index (χ1n) is 13.4. The molecular formula is C31H33N5O7. The first kappa shape index (κ1) is 30.6. The zero-order valence-electron chi connectivity index (χ0n) is 24.1. The predicted octanol–water partition coefficient (Wildman–Crippen LogP) is 4.51. The highest BCUT2D eigenvalue weighted by molar-refractivity contribution is 5.86. The molecule has 1 aromatic heterocycles. The predicted molar refractivity (Wildman–Crippen MR) is 158 cm³/mol. The first-order chi connectivity index (χ1) is 20.7. The van der Waals surface area contributed by atoms with E-state index in [1.165, 1.54) is 31.8 Å². The number of hydrogen-bond donors (Lipinski definition) is 3. The number of benzene rings is 3. The second-order valence-electron chi connectivity index (χ2n) is 9.76. The number of aromatic hydroxyl groups is 1. The summed E-state index contributed by atoms with van der Waals surface area (Å²) < 4.78 is 12.9. The number of ether oxygens (including phenoxy) is 2. The summed E-state index contributed by atoms with van der Waals surface area (Å²) in [7, 11) is 2.88. The number of rotatable bonds is 13. The quantitative estimate of drug-likeness (QED) is 0.194. The van der Waals surface area contributed by atoms with Gasteiger partial charge in [-0.1, -0.05) is 60.7 Å². The third-order valence-electron chi connectivity index (χ3n) is 7.04. The standard InChI is InChI=1S/C31H33N5O7/c1-20(37)35(25(18-28(38)39)24-13-14-26(42-2)27(17-24)43-3)36-30(40)29(23-11-9-22(10-12-23)19-33-32)34(31(36)41)16-15-21-7-5-4-6-8-21/h4-14,17,25,32,40H,15-16,18-19H2,1-3H3,(H,38,39)/t25-/m1/s1. The van der Waals surface area contributed by atoms with Crippen LogP contribution >= 0.6 is 0 Å². The molecule has 12 heteroatoms. The number of aryl methyl sites for hydroxylation is 1. The van der Waals surface area contributed by atoms with Crippen LogP contribution in [0.2, 0.25) is 0 Å². The molecule has 0 saturated heterocycles. The molecule has 1 amide bonds. The molecule has 224 valence electrons. The molecule has 1 heterocycles. The number of carboxylic acids is 1. The van der Waals surface area contributed by atoms with Crippen LogP contribution in [0.3, 0.4) is 0 Å². The van der Waals surface area contributed by atoms with Crippen LogP contribution in [-0.4, -0.2) is 45.6 Å². The summed E-state index contributed by atoms with van der Waals surface area (Å²) in [5, 5.41) is 25.8. The minimum atomic E-state index is -1.22. The van der Waals surface area contributed by atoms with E-state index in [2.05, 4.69) is 5.11 Å². The molecule has 0 fully saturated rings. The minimum Gasteiger partial charge on any atom is -0.493 e. The maximum atomic E-state index is 14.1. The Labute approximate surface area is 247 Å². The number of hydrogen-bond acceptors (Lipinski definition) is 8. The summed E-state index contributed by atoms with van der Waals surface area (Å²) in [4.78, 5) is 39.4. The zero-order chi connectivity index (χ0) is 31.1. The molecule has 12 nitrogen and oxygen atoms in total. The van der Waals surface area contributed by atoms with Gasteiger partial charge >= 0.3 is 11.7 Å². The lowest BCUT2D eigenvalue weighted by molar-refractivity contribution is -0.137. The minimum absolute atomic E-state index is 0.155. The van der Waals surface area contributed by atoms with Crippen molar-refractivity contribution in [2.45, 2.75) is 38.9 Å². The van der Waals surface area contributed by atoms with Crippen LogP contribution in [0.4, 0.5) is 0 Å². The summed E-state index contributed by atoms with van der Waals surface area (Å²) in [6, 6.07) is 19.8. The van der Waals surface area contributed by atoms with Gasteiger partial charge in [-0.3, -0.25) is 14.2 Å². The Balaban J connectivity index is 1.92. The zero-order valence-corrected chi connectivity index (χ0v) is 24.1. The number of carbonyl (C=O) groups is 2. The lowest BCUT2D eigenvalue weighted by Crippen LogP contribution is -2.48. The van der Waals surface area contributed by atoms with Gasteiger partial charge in [0.25, 0.3) is 0 Å². The van der Waals surface area contributed by atoms with Crippen LogP contribution in [0.5, 0.6) is 17.4 Å². The molecule has 0 aliphatic carbocycles. The summed E-state index contributed by atoms with van der Waals surface area (Å²) in [5.41, 5.74) is 9.12. The fourth-order valence-electron chi connectivity index (χ4n) is 5.02. The van der Waals surface area contributed by atoms with Crippen molar-refractivity contribution in [2.75, 3.05) is 19.2 Å². The molecule has 4 rings (SSSR count). The molecule has 43 heavy (non-hydrogen) atoms. The summed E-state index contributed by atoms with van der Waals surface area (Å²) in [6.45, 7) is 1.53. The maximum absolute atomic E-state index is 14.1. The molecule has 0 radical (unpaired) electrons. The summed E-state index contributed by atoms with van der Waals surface area (Å²) in [5.74, 6) is -1.72. The monoisotopic (exact) mass is 587 g/mol. The van der Waals surface area contributed by atoms with Crippen molar-refractivity contribution in [1.82, 2.24) is 9.24 Å². The number of aromatic nitrogens is 2. The number of carboxylic acid groups (broad SMARTS) is 1. The Bertz CT molecular complexity index is 1660. The van der Waals surface area contributed by atoms with Crippen LogP contribution in [0.1, 0.15) is 36.1 Å². The van der Waals surface area contributed by atoms with Crippen molar-refractivity contribution in [3.05, 3.63) is 100.0 Å². The Morgan fingerprint density at radius 3 is 2.23 bits per heavy atom. The van der Waals surface area contributed by atoms with Crippen molar-refractivity contribution in [3.63, 3.8) is 0 Å². The maximum Gasteiger partial charge on any atom is 0.351 e. The van der Waals surface area contributed by atoms with E-state index in [1.54, 1.807) is 36.4 Å². The Kier molecular flexibility index (Phi) is 9.61. The lowest BCUT2D eigenvalue weighted by atomic mass is 10.0. The van der Waals surface area contributed by atoms with Gasteiger partial charge in [-0.05, 0) is 35.2 Å². The molecule has 0 bridgehead atoms. The van der Waals surface area contributed by atoms with E-state index in [9.17, 15) is 24.6 Å². The third kappa shape index (κ3) is 6.58. The van der Waals surface area contributed by atoms with Crippen LogP contribution in [0.25, 0.3) is 11.3 Å². The van der Waals surface area contributed by atoms with E-state index < -0.39 is 35.9 Å². The van der Waals surface area contributed by atoms with Crippen molar-refractivity contribution in [3.8, 4) is 28.6 Å². The number of imidazole rings is 1. The average molecular weight is 588 g/mol. The smallest absolute Gasteiger partial charge is 0.351 e. The van der Waals surface area contributed by atoms with E-state index in [4.69, 9.17) is 15.0 Å².